The Kier molecular flexibility index (Phi) is 3.97. The zero-order valence-corrected chi connectivity index (χ0v) is 13.5. The van der Waals surface area contributed by atoms with Gasteiger partial charge in [0.05, 0.1) is 0 Å². The van der Waals surface area contributed by atoms with Crippen LogP contribution in [0.4, 0.5) is 0 Å². The second kappa shape index (κ2) is 5.45. The van der Waals surface area contributed by atoms with Crippen molar-refractivity contribution in [2.45, 2.75) is 18.7 Å². The summed E-state index contributed by atoms with van der Waals surface area (Å²) in [6, 6.07) is 5.18. The van der Waals surface area contributed by atoms with Gasteiger partial charge in [-0.15, -0.1) is 0 Å². The monoisotopic (exact) mass is 324 g/mol. The minimum atomic E-state index is -4.34. The van der Waals surface area contributed by atoms with Crippen molar-refractivity contribution in [3.8, 4) is 5.75 Å². The third-order valence-electron chi connectivity index (χ3n) is 3.29. The summed E-state index contributed by atoms with van der Waals surface area (Å²) >= 11 is 0. The van der Waals surface area contributed by atoms with Crippen LogP contribution in [0.15, 0.2) is 38.9 Å². The number of aryl methyl sites for hydroxylation is 3. The van der Waals surface area contributed by atoms with Gasteiger partial charge in [0.15, 0.2) is 4.90 Å². The van der Waals surface area contributed by atoms with Crippen LogP contribution in [0.5, 0.6) is 5.75 Å². The highest BCUT2D eigenvalue weighted by atomic mass is 32.2. The molecule has 0 saturated heterocycles. The average Bonchev–Trinajstić information content (AvgIpc) is 2.44. The van der Waals surface area contributed by atoms with Crippen LogP contribution in [0.25, 0.3) is 0 Å². The summed E-state index contributed by atoms with van der Waals surface area (Å²) in [6.07, 6.45) is 0.966. The van der Waals surface area contributed by atoms with Crippen molar-refractivity contribution in [1.29, 1.82) is 0 Å². The van der Waals surface area contributed by atoms with Crippen molar-refractivity contribution in [1.82, 2.24) is 9.13 Å². The molecule has 1 aromatic heterocycles. The SMILES string of the molecule is Cc1cccc(C)c1OS(=O)(=O)c1cn(C)c(=O)n(C)c1=O. The molecule has 0 spiro atoms. The quantitative estimate of drug-likeness (QED) is 0.766. The van der Waals surface area contributed by atoms with Gasteiger partial charge in [0.25, 0.3) is 5.56 Å². The minimum Gasteiger partial charge on any atom is -0.378 e. The van der Waals surface area contributed by atoms with Gasteiger partial charge in [-0.3, -0.25) is 9.36 Å². The first-order valence-corrected chi connectivity index (χ1v) is 7.83. The van der Waals surface area contributed by atoms with Crippen molar-refractivity contribution >= 4 is 10.1 Å². The molecule has 0 N–H and O–H groups in total. The first-order valence-electron chi connectivity index (χ1n) is 6.42. The zero-order chi connectivity index (χ0) is 16.7. The van der Waals surface area contributed by atoms with Crippen LogP contribution in [0.2, 0.25) is 0 Å². The predicted octanol–water partition coefficient (Wildman–Crippen LogP) is 0.469. The van der Waals surface area contributed by atoms with Gasteiger partial charge in [-0.05, 0) is 25.0 Å². The van der Waals surface area contributed by atoms with E-state index in [9.17, 15) is 18.0 Å². The molecule has 0 aliphatic heterocycles. The summed E-state index contributed by atoms with van der Waals surface area (Å²) in [5.74, 6) is 0.179. The molecule has 2 aromatic rings. The Labute approximate surface area is 127 Å². The zero-order valence-electron chi connectivity index (χ0n) is 12.7. The summed E-state index contributed by atoms with van der Waals surface area (Å²) in [5, 5.41) is 0. The van der Waals surface area contributed by atoms with E-state index in [1.54, 1.807) is 32.0 Å². The highest BCUT2D eigenvalue weighted by Crippen LogP contribution is 2.25. The van der Waals surface area contributed by atoms with Crippen LogP contribution >= 0.6 is 0 Å². The Hall–Kier alpha value is -2.35. The van der Waals surface area contributed by atoms with E-state index < -0.39 is 26.3 Å². The van der Waals surface area contributed by atoms with E-state index in [0.717, 1.165) is 15.3 Å². The van der Waals surface area contributed by atoms with Gasteiger partial charge in [0, 0.05) is 20.3 Å². The molecule has 8 heteroatoms. The van der Waals surface area contributed by atoms with Crippen LogP contribution < -0.4 is 15.4 Å². The molecule has 0 saturated carbocycles. The van der Waals surface area contributed by atoms with Crippen molar-refractivity contribution < 1.29 is 12.6 Å². The van der Waals surface area contributed by atoms with Gasteiger partial charge in [-0.1, -0.05) is 18.2 Å². The lowest BCUT2D eigenvalue weighted by molar-refractivity contribution is 0.477. The van der Waals surface area contributed by atoms with Crippen molar-refractivity contribution in [2.24, 2.45) is 14.1 Å². The maximum absolute atomic E-state index is 12.4. The summed E-state index contributed by atoms with van der Waals surface area (Å²) in [7, 11) is -1.77. The fourth-order valence-electron chi connectivity index (χ4n) is 2.03. The second-order valence-corrected chi connectivity index (χ2v) is 6.52. The molecule has 0 aliphatic carbocycles. The molecule has 0 radical (unpaired) electrons. The first-order chi connectivity index (χ1) is 10.1. The highest BCUT2D eigenvalue weighted by Gasteiger charge is 2.25. The molecule has 1 heterocycles. The van der Waals surface area contributed by atoms with Gasteiger partial charge < -0.3 is 8.75 Å². The summed E-state index contributed by atoms with van der Waals surface area (Å²) in [5.41, 5.74) is -0.277. The van der Waals surface area contributed by atoms with Gasteiger partial charge in [-0.25, -0.2) is 4.79 Å². The molecule has 0 bridgehead atoms. The average molecular weight is 324 g/mol. The van der Waals surface area contributed by atoms with E-state index in [2.05, 4.69) is 0 Å². The standard InChI is InChI=1S/C14H16N2O5S/c1-9-6-5-7-10(2)12(9)21-22(19,20)11-8-15(3)14(18)16(4)13(11)17/h5-8H,1-4H3. The number of aromatic nitrogens is 2. The second-order valence-electron chi connectivity index (χ2n) is 5.01. The van der Waals surface area contributed by atoms with Gasteiger partial charge in [0.1, 0.15) is 5.75 Å². The van der Waals surface area contributed by atoms with E-state index in [4.69, 9.17) is 4.18 Å². The Balaban J connectivity index is 2.63. The Morgan fingerprint density at radius 2 is 1.59 bits per heavy atom. The Morgan fingerprint density at radius 1 is 1.05 bits per heavy atom. The van der Waals surface area contributed by atoms with Crippen LogP contribution in [-0.2, 0) is 24.2 Å². The van der Waals surface area contributed by atoms with Gasteiger partial charge in [-0.2, -0.15) is 8.42 Å². The molecule has 0 fully saturated rings. The molecular weight excluding hydrogens is 308 g/mol. The lowest BCUT2D eigenvalue weighted by Crippen LogP contribution is -2.39. The third kappa shape index (κ3) is 2.69. The van der Waals surface area contributed by atoms with Gasteiger partial charge >= 0.3 is 15.8 Å². The lowest BCUT2D eigenvalue weighted by Gasteiger charge is -2.12. The largest absolute Gasteiger partial charge is 0.378 e. The molecular formula is C14H16N2O5S. The number of benzene rings is 1. The number of hydrogen-bond acceptors (Lipinski definition) is 5. The predicted molar refractivity (Wildman–Crippen MR) is 80.7 cm³/mol. The number of hydrogen-bond donors (Lipinski definition) is 0. The van der Waals surface area contributed by atoms with E-state index >= 15 is 0 Å². The smallest absolute Gasteiger partial charge is 0.346 e. The molecule has 2 rings (SSSR count). The van der Waals surface area contributed by atoms with Crippen LogP contribution in [0.3, 0.4) is 0 Å². The van der Waals surface area contributed by atoms with E-state index in [1.807, 2.05) is 0 Å². The maximum atomic E-state index is 12.4. The topological polar surface area (TPSA) is 87.4 Å². The maximum Gasteiger partial charge on any atom is 0.346 e. The molecule has 7 nitrogen and oxygen atoms in total. The third-order valence-corrected chi connectivity index (χ3v) is 4.49. The fourth-order valence-corrected chi connectivity index (χ4v) is 3.24. The minimum absolute atomic E-state index is 0.179. The van der Waals surface area contributed by atoms with Crippen LogP contribution in [0, 0.1) is 13.8 Å². The molecule has 22 heavy (non-hydrogen) atoms. The lowest BCUT2D eigenvalue weighted by atomic mass is 10.1. The normalized spacial score (nSPS) is 11.5. The molecule has 0 atom stereocenters. The van der Waals surface area contributed by atoms with E-state index in [0.29, 0.717) is 11.1 Å². The molecule has 0 amide bonds. The van der Waals surface area contributed by atoms with Crippen molar-refractivity contribution in [3.63, 3.8) is 0 Å². The summed E-state index contributed by atoms with van der Waals surface area (Å²) in [6.45, 7) is 3.41. The Bertz CT molecular complexity index is 934. The van der Waals surface area contributed by atoms with Gasteiger partial charge in [0.2, 0.25) is 0 Å². The van der Waals surface area contributed by atoms with Crippen LogP contribution in [0.1, 0.15) is 11.1 Å². The summed E-state index contributed by atoms with van der Waals surface area (Å²) < 4.78 is 31.6. The highest BCUT2D eigenvalue weighted by molar-refractivity contribution is 7.87. The van der Waals surface area contributed by atoms with E-state index in [-0.39, 0.29) is 5.75 Å². The summed E-state index contributed by atoms with van der Waals surface area (Å²) in [4.78, 5) is 23.1. The van der Waals surface area contributed by atoms with Crippen LogP contribution in [-0.4, -0.2) is 17.6 Å². The molecule has 1 aromatic carbocycles. The van der Waals surface area contributed by atoms with Crippen molar-refractivity contribution in [2.75, 3.05) is 0 Å². The number of rotatable bonds is 3. The first kappa shape index (κ1) is 16.0. The molecule has 118 valence electrons. The molecule has 0 aliphatic rings. The number of para-hydroxylation sites is 1. The van der Waals surface area contributed by atoms with Crippen molar-refractivity contribution in [3.05, 3.63) is 56.4 Å². The Morgan fingerprint density at radius 3 is 2.14 bits per heavy atom. The number of nitrogens with zero attached hydrogens (tertiary/aromatic N) is 2. The fraction of sp³-hybridized carbons (Fsp3) is 0.286. The van der Waals surface area contributed by atoms with E-state index in [1.165, 1.54) is 14.1 Å². The molecule has 0 unspecified atom stereocenters.